The standard InChI is InChI=1S/C12H26N2O2/c1-3-10(7-8-13)5-6-12(16)14-11(4-2)9-15/h10-11,15H,3-9,13H2,1-2H3,(H,14,16)/t10?,11-/m0/s1. The average Bonchev–Trinajstić information content (AvgIpc) is 2.31. The van der Waals surface area contributed by atoms with Crippen LogP contribution in [0.3, 0.4) is 0 Å². The molecule has 0 bridgehead atoms. The number of hydrogen-bond acceptors (Lipinski definition) is 3. The summed E-state index contributed by atoms with van der Waals surface area (Å²) in [5.74, 6) is 0.585. The van der Waals surface area contributed by atoms with Crippen molar-refractivity contribution in [3.8, 4) is 0 Å². The molecule has 2 atom stereocenters. The quantitative estimate of drug-likeness (QED) is 0.554. The van der Waals surface area contributed by atoms with Crippen molar-refractivity contribution in [1.29, 1.82) is 0 Å². The van der Waals surface area contributed by atoms with E-state index in [-0.39, 0.29) is 18.6 Å². The van der Waals surface area contributed by atoms with E-state index in [0.717, 1.165) is 25.7 Å². The van der Waals surface area contributed by atoms with E-state index < -0.39 is 0 Å². The lowest BCUT2D eigenvalue weighted by molar-refractivity contribution is -0.122. The topological polar surface area (TPSA) is 75.4 Å². The van der Waals surface area contributed by atoms with Crippen molar-refractivity contribution in [3.05, 3.63) is 0 Å². The van der Waals surface area contributed by atoms with Crippen LogP contribution in [0.5, 0.6) is 0 Å². The zero-order valence-corrected chi connectivity index (χ0v) is 10.5. The highest BCUT2D eigenvalue weighted by Gasteiger charge is 2.11. The van der Waals surface area contributed by atoms with Gasteiger partial charge in [-0.15, -0.1) is 0 Å². The first-order chi connectivity index (χ1) is 7.67. The monoisotopic (exact) mass is 230 g/mol. The zero-order valence-electron chi connectivity index (χ0n) is 10.5. The molecule has 0 saturated heterocycles. The van der Waals surface area contributed by atoms with Gasteiger partial charge in [0, 0.05) is 6.42 Å². The third-order valence-electron chi connectivity index (χ3n) is 3.01. The summed E-state index contributed by atoms with van der Waals surface area (Å²) in [6.07, 6.45) is 4.25. The molecule has 0 spiro atoms. The van der Waals surface area contributed by atoms with Crippen LogP contribution >= 0.6 is 0 Å². The van der Waals surface area contributed by atoms with Crippen LogP contribution in [-0.2, 0) is 4.79 Å². The Morgan fingerprint density at radius 2 is 2.00 bits per heavy atom. The largest absolute Gasteiger partial charge is 0.394 e. The Morgan fingerprint density at radius 3 is 2.44 bits per heavy atom. The summed E-state index contributed by atoms with van der Waals surface area (Å²) < 4.78 is 0. The molecule has 0 aromatic rings. The van der Waals surface area contributed by atoms with E-state index >= 15 is 0 Å². The maximum atomic E-state index is 11.5. The third kappa shape index (κ3) is 6.80. The molecule has 0 heterocycles. The van der Waals surface area contributed by atoms with E-state index in [4.69, 9.17) is 10.8 Å². The van der Waals surface area contributed by atoms with Gasteiger partial charge in [-0.2, -0.15) is 0 Å². The van der Waals surface area contributed by atoms with Crippen LogP contribution in [0.15, 0.2) is 0 Å². The van der Waals surface area contributed by atoms with Crippen molar-refractivity contribution in [1.82, 2.24) is 5.32 Å². The molecule has 1 amide bonds. The van der Waals surface area contributed by atoms with Gasteiger partial charge in [0.25, 0.3) is 0 Å². The average molecular weight is 230 g/mol. The lowest BCUT2D eigenvalue weighted by Gasteiger charge is -2.16. The third-order valence-corrected chi connectivity index (χ3v) is 3.01. The van der Waals surface area contributed by atoms with Crippen LogP contribution in [0.25, 0.3) is 0 Å². The van der Waals surface area contributed by atoms with Crippen molar-refractivity contribution >= 4 is 5.91 Å². The van der Waals surface area contributed by atoms with E-state index in [0.29, 0.717) is 18.9 Å². The number of nitrogens with one attached hydrogen (secondary N) is 1. The first-order valence-corrected chi connectivity index (χ1v) is 6.28. The number of aliphatic hydroxyl groups is 1. The van der Waals surface area contributed by atoms with E-state index in [2.05, 4.69) is 12.2 Å². The molecule has 0 aliphatic rings. The fourth-order valence-electron chi connectivity index (χ4n) is 1.70. The highest BCUT2D eigenvalue weighted by Crippen LogP contribution is 2.14. The van der Waals surface area contributed by atoms with E-state index in [1.165, 1.54) is 0 Å². The molecule has 0 radical (unpaired) electrons. The molecule has 0 aliphatic heterocycles. The highest BCUT2D eigenvalue weighted by atomic mass is 16.3. The Kier molecular flexibility index (Phi) is 9.24. The summed E-state index contributed by atoms with van der Waals surface area (Å²) in [7, 11) is 0. The molecular weight excluding hydrogens is 204 g/mol. The van der Waals surface area contributed by atoms with Gasteiger partial charge in [0.2, 0.25) is 5.91 Å². The molecule has 0 rings (SSSR count). The van der Waals surface area contributed by atoms with E-state index in [1.54, 1.807) is 0 Å². The molecule has 96 valence electrons. The van der Waals surface area contributed by atoms with Gasteiger partial charge in [-0.25, -0.2) is 0 Å². The smallest absolute Gasteiger partial charge is 0.220 e. The summed E-state index contributed by atoms with van der Waals surface area (Å²) in [5.41, 5.74) is 5.50. The zero-order chi connectivity index (χ0) is 12.4. The van der Waals surface area contributed by atoms with Gasteiger partial charge in [-0.05, 0) is 31.7 Å². The molecule has 0 fully saturated rings. The van der Waals surface area contributed by atoms with Crippen LogP contribution in [0.1, 0.15) is 46.0 Å². The summed E-state index contributed by atoms with van der Waals surface area (Å²) in [6.45, 7) is 4.78. The molecule has 0 aromatic heterocycles. The number of nitrogens with two attached hydrogens (primary N) is 1. The maximum Gasteiger partial charge on any atom is 0.220 e. The van der Waals surface area contributed by atoms with Gasteiger partial charge in [0.1, 0.15) is 0 Å². The predicted octanol–water partition coefficient (Wildman–Crippen LogP) is 1.03. The Balaban J connectivity index is 3.78. The predicted molar refractivity (Wildman–Crippen MR) is 66.0 cm³/mol. The van der Waals surface area contributed by atoms with Gasteiger partial charge in [-0.3, -0.25) is 4.79 Å². The van der Waals surface area contributed by atoms with Gasteiger partial charge in [0.15, 0.2) is 0 Å². The normalized spacial score (nSPS) is 14.5. The molecule has 0 aliphatic carbocycles. The number of rotatable bonds is 9. The number of aliphatic hydroxyl groups excluding tert-OH is 1. The Bertz CT molecular complexity index is 182. The number of carbonyl (C=O) groups excluding carboxylic acids is 1. The summed E-state index contributed by atoms with van der Waals surface area (Å²) in [5, 5.41) is 11.8. The minimum atomic E-state index is -0.0953. The van der Waals surface area contributed by atoms with Crippen LogP contribution in [0.2, 0.25) is 0 Å². The fourth-order valence-corrected chi connectivity index (χ4v) is 1.70. The van der Waals surface area contributed by atoms with E-state index in [1.807, 2.05) is 6.92 Å². The van der Waals surface area contributed by atoms with Crippen molar-refractivity contribution in [2.75, 3.05) is 13.2 Å². The van der Waals surface area contributed by atoms with Crippen molar-refractivity contribution < 1.29 is 9.90 Å². The minimum Gasteiger partial charge on any atom is -0.394 e. The van der Waals surface area contributed by atoms with Crippen LogP contribution < -0.4 is 11.1 Å². The SMILES string of the molecule is CCC(CCN)CCC(=O)N[C@@H](CC)CO. The second-order valence-corrected chi connectivity index (χ2v) is 4.25. The molecule has 16 heavy (non-hydrogen) atoms. The summed E-state index contributed by atoms with van der Waals surface area (Å²) in [4.78, 5) is 11.5. The number of carbonyl (C=O) groups is 1. The number of hydrogen-bond donors (Lipinski definition) is 3. The van der Waals surface area contributed by atoms with Crippen LogP contribution in [0.4, 0.5) is 0 Å². The maximum absolute atomic E-state index is 11.5. The van der Waals surface area contributed by atoms with E-state index in [9.17, 15) is 4.79 Å². The van der Waals surface area contributed by atoms with Crippen molar-refractivity contribution in [2.24, 2.45) is 11.7 Å². The Morgan fingerprint density at radius 1 is 1.31 bits per heavy atom. The fraction of sp³-hybridized carbons (Fsp3) is 0.917. The molecular formula is C12H26N2O2. The lowest BCUT2D eigenvalue weighted by Crippen LogP contribution is -2.37. The first-order valence-electron chi connectivity index (χ1n) is 6.28. The lowest BCUT2D eigenvalue weighted by atomic mass is 9.96. The molecule has 1 unspecified atom stereocenters. The van der Waals surface area contributed by atoms with Crippen LogP contribution in [0, 0.1) is 5.92 Å². The Hall–Kier alpha value is -0.610. The molecule has 4 N–H and O–H groups in total. The van der Waals surface area contributed by atoms with Gasteiger partial charge in [-0.1, -0.05) is 20.3 Å². The first kappa shape index (κ1) is 15.4. The molecule has 0 aromatic carbocycles. The second kappa shape index (κ2) is 9.60. The van der Waals surface area contributed by atoms with Gasteiger partial charge in [0.05, 0.1) is 12.6 Å². The van der Waals surface area contributed by atoms with Crippen molar-refractivity contribution in [3.63, 3.8) is 0 Å². The van der Waals surface area contributed by atoms with Gasteiger partial charge < -0.3 is 16.2 Å². The van der Waals surface area contributed by atoms with Crippen LogP contribution in [-0.4, -0.2) is 30.2 Å². The second-order valence-electron chi connectivity index (χ2n) is 4.25. The molecule has 0 saturated carbocycles. The van der Waals surface area contributed by atoms with Gasteiger partial charge >= 0.3 is 0 Å². The number of amides is 1. The summed E-state index contributed by atoms with van der Waals surface area (Å²) >= 11 is 0. The summed E-state index contributed by atoms with van der Waals surface area (Å²) in [6, 6.07) is -0.0953. The molecule has 4 nitrogen and oxygen atoms in total. The van der Waals surface area contributed by atoms with Crippen molar-refractivity contribution in [2.45, 2.75) is 52.0 Å². The highest BCUT2D eigenvalue weighted by molar-refractivity contribution is 5.76. The molecule has 4 heteroatoms. The minimum absolute atomic E-state index is 0.0161. The Labute approximate surface area is 98.6 Å².